The Morgan fingerprint density at radius 3 is 2.54 bits per heavy atom. The highest BCUT2D eigenvalue weighted by atomic mass is 32.2. The number of ether oxygens (including phenoxy) is 1. The molecule has 0 unspecified atom stereocenters. The van der Waals surface area contributed by atoms with Crippen LogP contribution in [0.1, 0.15) is 51.0 Å². The molecule has 3 amide bonds. The number of nitrogens with zero attached hydrogens (tertiary/aromatic N) is 2. The zero-order chi connectivity index (χ0) is 27.9. The number of benzene rings is 1. The molecule has 2 aliphatic rings. The lowest BCUT2D eigenvalue weighted by atomic mass is 9.81. The van der Waals surface area contributed by atoms with Crippen molar-refractivity contribution in [2.45, 2.75) is 67.8 Å². The number of sulfonamides is 1. The fourth-order valence-corrected chi connectivity index (χ4v) is 7.77. The summed E-state index contributed by atoms with van der Waals surface area (Å²) in [6.45, 7) is 3.36. The monoisotopic (exact) mass is 576 g/mol. The van der Waals surface area contributed by atoms with E-state index in [9.17, 15) is 22.8 Å². The van der Waals surface area contributed by atoms with Crippen molar-refractivity contribution in [2.24, 2.45) is 0 Å². The molecule has 3 heterocycles. The van der Waals surface area contributed by atoms with Crippen LogP contribution in [-0.4, -0.2) is 73.3 Å². The first kappa shape index (κ1) is 29.0. The Labute approximate surface area is 233 Å². The number of hydrogen-bond acceptors (Lipinski definition) is 7. The standard InChI is InChI=1S/C27H36N4O6S2/c1-2-16-31-24(32)22(11-6-7-15-28-26(34)37-20-21-9-4-3-5-10-21)29-25(33)27(31)13-17-30(18-14-27)39(35,36)23-12-8-19-38-23/h3-5,8-10,12,19,22H,2,6-7,11,13-18,20H2,1H3,(H,28,34)(H,29,33)/t22-/m0/s1. The fourth-order valence-electron chi connectivity index (χ4n) is 5.19. The second kappa shape index (κ2) is 12.9. The summed E-state index contributed by atoms with van der Waals surface area (Å²) in [5.74, 6) is -0.336. The van der Waals surface area contributed by atoms with Gasteiger partial charge >= 0.3 is 6.09 Å². The molecule has 0 radical (unpaired) electrons. The summed E-state index contributed by atoms with van der Waals surface area (Å²) in [7, 11) is -3.61. The molecule has 2 aliphatic heterocycles. The highest BCUT2D eigenvalue weighted by molar-refractivity contribution is 7.91. The smallest absolute Gasteiger partial charge is 0.407 e. The van der Waals surface area contributed by atoms with Crippen molar-refractivity contribution in [3.8, 4) is 0 Å². The Morgan fingerprint density at radius 1 is 1.13 bits per heavy atom. The molecule has 1 aromatic carbocycles. The number of thiophene rings is 1. The molecule has 0 saturated carbocycles. The van der Waals surface area contributed by atoms with Gasteiger partial charge in [-0.1, -0.05) is 43.3 Å². The maximum absolute atomic E-state index is 13.5. The number of amides is 3. The molecule has 212 valence electrons. The van der Waals surface area contributed by atoms with E-state index in [1.165, 1.54) is 15.6 Å². The quantitative estimate of drug-likeness (QED) is 0.396. The maximum Gasteiger partial charge on any atom is 0.407 e. The molecule has 2 fully saturated rings. The lowest BCUT2D eigenvalue weighted by Gasteiger charge is -2.51. The predicted octanol–water partition coefficient (Wildman–Crippen LogP) is 3.11. The normalized spacial score (nSPS) is 19.6. The molecule has 1 aromatic heterocycles. The number of carbonyl (C=O) groups excluding carboxylic acids is 3. The van der Waals surface area contributed by atoms with Crippen LogP contribution in [0.5, 0.6) is 0 Å². The zero-order valence-corrected chi connectivity index (χ0v) is 23.8. The van der Waals surface area contributed by atoms with Crippen molar-refractivity contribution >= 4 is 39.3 Å². The average molecular weight is 577 g/mol. The molecule has 1 spiro atoms. The largest absolute Gasteiger partial charge is 0.445 e. The Kier molecular flexibility index (Phi) is 9.62. The van der Waals surface area contributed by atoms with E-state index in [-0.39, 0.29) is 48.6 Å². The number of rotatable bonds is 11. The van der Waals surface area contributed by atoms with E-state index < -0.39 is 27.7 Å². The van der Waals surface area contributed by atoms with E-state index in [4.69, 9.17) is 4.74 Å². The van der Waals surface area contributed by atoms with Gasteiger partial charge in [-0.25, -0.2) is 13.2 Å². The van der Waals surface area contributed by atoms with Gasteiger partial charge in [0, 0.05) is 26.2 Å². The number of alkyl carbamates (subject to hydrolysis) is 1. The van der Waals surface area contributed by atoms with Crippen LogP contribution in [0.4, 0.5) is 4.79 Å². The van der Waals surface area contributed by atoms with Crippen molar-refractivity contribution < 1.29 is 27.5 Å². The third-order valence-electron chi connectivity index (χ3n) is 7.30. The van der Waals surface area contributed by atoms with Gasteiger partial charge in [0.1, 0.15) is 22.4 Å². The van der Waals surface area contributed by atoms with Crippen molar-refractivity contribution in [3.63, 3.8) is 0 Å². The average Bonchev–Trinajstić information content (AvgIpc) is 3.50. The van der Waals surface area contributed by atoms with Gasteiger partial charge in [0.05, 0.1) is 0 Å². The first-order valence-electron chi connectivity index (χ1n) is 13.4. The van der Waals surface area contributed by atoms with E-state index in [1.807, 2.05) is 37.3 Å². The van der Waals surface area contributed by atoms with Gasteiger partial charge < -0.3 is 20.3 Å². The molecule has 4 rings (SSSR count). The second-order valence-electron chi connectivity index (χ2n) is 9.87. The SMILES string of the molecule is CCCN1C(=O)[C@H](CCCCNC(=O)OCc2ccccc2)NC(=O)C12CCN(S(=O)(=O)c1cccs1)CC2. The minimum absolute atomic E-state index is 0.124. The van der Waals surface area contributed by atoms with Gasteiger partial charge in [0.2, 0.25) is 11.8 Å². The molecule has 10 nitrogen and oxygen atoms in total. The van der Waals surface area contributed by atoms with Gasteiger partial charge in [-0.3, -0.25) is 9.59 Å². The summed E-state index contributed by atoms with van der Waals surface area (Å²) >= 11 is 1.17. The third-order valence-corrected chi connectivity index (χ3v) is 10.6. The van der Waals surface area contributed by atoms with Crippen LogP contribution in [0.15, 0.2) is 52.1 Å². The van der Waals surface area contributed by atoms with Crippen LogP contribution in [0.25, 0.3) is 0 Å². The third kappa shape index (κ3) is 6.62. The number of hydrogen-bond donors (Lipinski definition) is 2. The first-order valence-corrected chi connectivity index (χ1v) is 15.7. The number of nitrogens with one attached hydrogen (secondary N) is 2. The van der Waals surface area contributed by atoms with E-state index in [2.05, 4.69) is 10.6 Å². The van der Waals surface area contributed by atoms with Crippen LogP contribution in [0.2, 0.25) is 0 Å². The van der Waals surface area contributed by atoms with Gasteiger partial charge in [0.15, 0.2) is 0 Å². The molecule has 0 bridgehead atoms. The molecular weight excluding hydrogens is 540 g/mol. The van der Waals surface area contributed by atoms with E-state index in [1.54, 1.807) is 22.4 Å². The Balaban J connectivity index is 1.26. The van der Waals surface area contributed by atoms with Crippen molar-refractivity contribution in [3.05, 3.63) is 53.4 Å². The van der Waals surface area contributed by atoms with E-state index >= 15 is 0 Å². The maximum atomic E-state index is 13.5. The lowest BCUT2D eigenvalue weighted by Crippen LogP contribution is -2.73. The predicted molar refractivity (Wildman–Crippen MR) is 147 cm³/mol. The lowest BCUT2D eigenvalue weighted by molar-refractivity contribution is -0.160. The van der Waals surface area contributed by atoms with E-state index in [0.29, 0.717) is 38.8 Å². The van der Waals surface area contributed by atoms with Crippen LogP contribution in [-0.2, 0) is 31.0 Å². The highest BCUT2D eigenvalue weighted by Crippen LogP contribution is 2.36. The van der Waals surface area contributed by atoms with Gasteiger partial charge in [-0.2, -0.15) is 4.31 Å². The number of piperazine rings is 1. The molecule has 0 aliphatic carbocycles. The van der Waals surface area contributed by atoms with Crippen LogP contribution in [0, 0.1) is 0 Å². The summed E-state index contributed by atoms with van der Waals surface area (Å²) in [6.07, 6.45) is 2.45. The Hall–Kier alpha value is -2.96. The second-order valence-corrected chi connectivity index (χ2v) is 13.0. The van der Waals surface area contributed by atoms with Crippen molar-refractivity contribution in [2.75, 3.05) is 26.2 Å². The fraction of sp³-hybridized carbons (Fsp3) is 0.519. The van der Waals surface area contributed by atoms with Crippen LogP contribution in [0.3, 0.4) is 0 Å². The minimum atomic E-state index is -3.61. The topological polar surface area (TPSA) is 125 Å². The Bertz CT molecular complexity index is 1230. The number of carbonyl (C=O) groups is 3. The Morgan fingerprint density at radius 2 is 1.87 bits per heavy atom. The first-order chi connectivity index (χ1) is 18.8. The van der Waals surface area contributed by atoms with E-state index in [0.717, 1.165) is 5.56 Å². The summed E-state index contributed by atoms with van der Waals surface area (Å²) in [5, 5.41) is 7.37. The molecular formula is C27H36N4O6S2. The molecule has 39 heavy (non-hydrogen) atoms. The molecule has 12 heteroatoms. The summed E-state index contributed by atoms with van der Waals surface area (Å²) in [5.41, 5.74) is -0.127. The van der Waals surface area contributed by atoms with Crippen molar-refractivity contribution in [1.29, 1.82) is 0 Å². The van der Waals surface area contributed by atoms with Gasteiger partial charge in [-0.05, 0) is 55.5 Å². The molecule has 1 atom stereocenters. The van der Waals surface area contributed by atoms with Crippen LogP contribution >= 0.6 is 11.3 Å². The molecule has 2 N–H and O–H groups in total. The van der Waals surface area contributed by atoms with Crippen LogP contribution < -0.4 is 10.6 Å². The minimum Gasteiger partial charge on any atom is -0.445 e. The van der Waals surface area contributed by atoms with Gasteiger partial charge in [-0.15, -0.1) is 11.3 Å². The molecule has 2 saturated heterocycles. The summed E-state index contributed by atoms with van der Waals surface area (Å²) in [6, 6.07) is 12.1. The summed E-state index contributed by atoms with van der Waals surface area (Å²) in [4.78, 5) is 40.5. The number of piperidine rings is 1. The van der Waals surface area contributed by atoms with Gasteiger partial charge in [0.25, 0.3) is 10.0 Å². The number of unbranched alkanes of at least 4 members (excludes halogenated alkanes) is 1. The van der Waals surface area contributed by atoms with Crippen molar-refractivity contribution in [1.82, 2.24) is 19.8 Å². The zero-order valence-electron chi connectivity index (χ0n) is 22.1. The summed E-state index contributed by atoms with van der Waals surface area (Å²) < 4.78 is 32.8. The molecule has 2 aromatic rings. The highest BCUT2D eigenvalue weighted by Gasteiger charge is 2.54.